The quantitative estimate of drug-likeness (QED) is 0.617. The van der Waals surface area contributed by atoms with Gasteiger partial charge in [0.2, 0.25) is 15.9 Å². The fourth-order valence-electron chi connectivity index (χ4n) is 2.20. The Morgan fingerprint density at radius 1 is 1.33 bits per heavy atom. The molecule has 8 nitrogen and oxygen atoms in total. The normalized spacial score (nSPS) is 12.2. The summed E-state index contributed by atoms with van der Waals surface area (Å²) in [6, 6.07) is 3.88. The first-order valence-corrected chi connectivity index (χ1v) is 8.89. The number of hydrogen-bond donors (Lipinski definition) is 1. The average Bonchev–Trinajstić information content (AvgIpc) is 2.42. The Bertz CT molecular complexity index is 738. The number of nitro benzene ring substituents is 1. The van der Waals surface area contributed by atoms with Crippen LogP contribution in [0.1, 0.15) is 33.3 Å². The number of benzene rings is 1. The van der Waals surface area contributed by atoms with Crippen LogP contribution in [-0.2, 0) is 14.8 Å². The number of nitrogens with zero attached hydrogens (tertiary/aromatic N) is 2. The van der Waals surface area contributed by atoms with Crippen molar-refractivity contribution < 1.29 is 18.1 Å². The minimum atomic E-state index is -4.02. The minimum Gasteiger partial charge on any atom is -0.350 e. The number of carbonyl (C=O) groups excluding carboxylic acids is 1. The monoisotopic (exact) mass is 357 g/mol. The molecule has 134 valence electrons. The summed E-state index contributed by atoms with van der Waals surface area (Å²) in [5.74, 6) is -0.434. The molecule has 0 spiro atoms. The molecule has 0 unspecified atom stereocenters. The van der Waals surface area contributed by atoms with Gasteiger partial charge in [0.05, 0.1) is 16.4 Å². The van der Waals surface area contributed by atoms with E-state index in [0.717, 1.165) is 4.31 Å². The molecule has 0 saturated heterocycles. The Hall–Kier alpha value is -2.00. The summed E-state index contributed by atoms with van der Waals surface area (Å²) in [7, 11) is -4.02. The lowest BCUT2D eigenvalue weighted by Crippen LogP contribution is -2.47. The van der Waals surface area contributed by atoms with Crippen molar-refractivity contribution in [1.29, 1.82) is 0 Å². The molecule has 1 aromatic carbocycles. The highest BCUT2D eigenvalue weighted by Gasteiger charge is 2.30. The van der Waals surface area contributed by atoms with Crippen molar-refractivity contribution in [3.8, 4) is 0 Å². The number of rotatable bonds is 6. The standard InChI is InChI=1S/C15H23N3O5S/c1-6-17(10-14(19)16-15(3,4)5)24(22,23)13-9-7-8-12(11(13)2)18(20)21/h7-9H,6,10H2,1-5H3,(H,16,19). The molecule has 24 heavy (non-hydrogen) atoms. The highest BCUT2D eigenvalue weighted by Crippen LogP contribution is 2.27. The van der Waals surface area contributed by atoms with Gasteiger partial charge in [0.25, 0.3) is 5.69 Å². The van der Waals surface area contributed by atoms with Crippen LogP contribution in [0.25, 0.3) is 0 Å². The van der Waals surface area contributed by atoms with Gasteiger partial charge >= 0.3 is 0 Å². The van der Waals surface area contributed by atoms with Gasteiger partial charge in [-0.05, 0) is 33.8 Å². The van der Waals surface area contributed by atoms with Crippen molar-refractivity contribution in [3.63, 3.8) is 0 Å². The Labute approximate surface area is 142 Å². The van der Waals surface area contributed by atoms with Gasteiger partial charge in [-0.1, -0.05) is 13.0 Å². The van der Waals surface area contributed by atoms with Crippen LogP contribution in [0.15, 0.2) is 23.1 Å². The average molecular weight is 357 g/mol. The van der Waals surface area contributed by atoms with Crippen LogP contribution < -0.4 is 5.32 Å². The number of sulfonamides is 1. The molecule has 0 aromatic heterocycles. The van der Waals surface area contributed by atoms with E-state index in [1.807, 2.05) is 0 Å². The molecule has 0 radical (unpaired) electrons. The molecule has 0 aliphatic rings. The van der Waals surface area contributed by atoms with E-state index in [0.29, 0.717) is 0 Å². The molecule has 0 saturated carbocycles. The third-order valence-electron chi connectivity index (χ3n) is 3.26. The number of likely N-dealkylation sites (N-methyl/N-ethyl adjacent to an activating group) is 1. The van der Waals surface area contributed by atoms with E-state index in [4.69, 9.17) is 0 Å². The maximum absolute atomic E-state index is 12.8. The van der Waals surface area contributed by atoms with Crippen molar-refractivity contribution in [3.05, 3.63) is 33.9 Å². The summed E-state index contributed by atoms with van der Waals surface area (Å²) in [5, 5.41) is 13.7. The largest absolute Gasteiger partial charge is 0.350 e. The zero-order valence-corrected chi connectivity index (χ0v) is 15.3. The third-order valence-corrected chi connectivity index (χ3v) is 5.32. The second kappa shape index (κ2) is 7.27. The molecule has 1 amide bonds. The summed E-state index contributed by atoms with van der Waals surface area (Å²) in [6.45, 7) is 8.09. The first kappa shape index (κ1) is 20.0. The van der Waals surface area contributed by atoms with E-state index in [1.165, 1.54) is 25.1 Å². The van der Waals surface area contributed by atoms with Gasteiger partial charge in [0, 0.05) is 23.7 Å². The fourth-order valence-corrected chi connectivity index (χ4v) is 3.85. The summed E-state index contributed by atoms with van der Waals surface area (Å²) >= 11 is 0. The van der Waals surface area contributed by atoms with E-state index in [-0.39, 0.29) is 29.2 Å². The topological polar surface area (TPSA) is 110 Å². The number of hydrogen-bond acceptors (Lipinski definition) is 5. The van der Waals surface area contributed by atoms with Gasteiger partial charge in [-0.25, -0.2) is 8.42 Å². The van der Waals surface area contributed by atoms with Crippen LogP contribution in [0, 0.1) is 17.0 Å². The van der Waals surface area contributed by atoms with Crippen LogP contribution in [0.2, 0.25) is 0 Å². The van der Waals surface area contributed by atoms with Crippen LogP contribution in [-0.4, -0.2) is 42.2 Å². The predicted octanol–water partition coefficient (Wildman–Crippen LogP) is 1.83. The lowest BCUT2D eigenvalue weighted by Gasteiger charge is -2.25. The first-order valence-electron chi connectivity index (χ1n) is 7.45. The number of nitrogens with one attached hydrogen (secondary N) is 1. The molecule has 0 aliphatic heterocycles. The Morgan fingerprint density at radius 3 is 2.38 bits per heavy atom. The molecular weight excluding hydrogens is 334 g/mol. The Balaban J connectivity index is 3.20. The molecule has 0 atom stereocenters. The van der Waals surface area contributed by atoms with Gasteiger partial charge in [-0.2, -0.15) is 4.31 Å². The van der Waals surface area contributed by atoms with Gasteiger partial charge in [-0.3, -0.25) is 14.9 Å². The lowest BCUT2D eigenvalue weighted by atomic mass is 10.1. The van der Waals surface area contributed by atoms with E-state index >= 15 is 0 Å². The van der Waals surface area contributed by atoms with Crippen LogP contribution in [0.5, 0.6) is 0 Å². The maximum Gasteiger partial charge on any atom is 0.273 e. The third kappa shape index (κ3) is 4.75. The molecule has 0 aliphatic carbocycles. The molecule has 1 rings (SSSR count). The predicted molar refractivity (Wildman–Crippen MR) is 90.2 cm³/mol. The maximum atomic E-state index is 12.8. The summed E-state index contributed by atoms with van der Waals surface area (Å²) in [6.07, 6.45) is 0. The Kier molecular flexibility index (Phi) is 6.07. The Morgan fingerprint density at radius 2 is 1.92 bits per heavy atom. The second-order valence-electron chi connectivity index (χ2n) is 6.39. The second-order valence-corrected chi connectivity index (χ2v) is 8.29. The van der Waals surface area contributed by atoms with E-state index < -0.39 is 26.4 Å². The summed E-state index contributed by atoms with van der Waals surface area (Å²) < 4.78 is 26.6. The van der Waals surface area contributed by atoms with Gasteiger partial charge in [-0.15, -0.1) is 0 Å². The fraction of sp³-hybridized carbons (Fsp3) is 0.533. The number of nitro groups is 1. The summed E-state index contributed by atoms with van der Waals surface area (Å²) in [5.41, 5.74) is -0.703. The zero-order valence-electron chi connectivity index (χ0n) is 14.5. The molecule has 0 bridgehead atoms. The van der Waals surface area contributed by atoms with Gasteiger partial charge in [0.1, 0.15) is 0 Å². The molecule has 0 fully saturated rings. The van der Waals surface area contributed by atoms with E-state index in [2.05, 4.69) is 5.32 Å². The molecule has 9 heteroatoms. The molecular formula is C15H23N3O5S. The van der Waals surface area contributed by atoms with Crippen molar-refractivity contribution in [1.82, 2.24) is 9.62 Å². The van der Waals surface area contributed by atoms with Crippen LogP contribution >= 0.6 is 0 Å². The lowest BCUT2D eigenvalue weighted by molar-refractivity contribution is -0.385. The highest BCUT2D eigenvalue weighted by atomic mass is 32.2. The van der Waals surface area contributed by atoms with Gasteiger partial charge in [0.15, 0.2) is 0 Å². The van der Waals surface area contributed by atoms with Crippen molar-refractivity contribution in [2.24, 2.45) is 0 Å². The molecule has 1 N–H and O–H groups in total. The molecule has 0 heterocycles. The van der Waals surface area contributed by atoms with Crippen molar-refractivity contribution in [2.45, 2.75) is 45.1 Å². The van der Waals surface area contributed by atoms with E-state index in [9.17, 15) is 23.3 Å². The number of carbonyl (C=O) groups is 1. The zero-order chi connectivity index (χ0) is 18.7. The van der Waals surface area contributed by atoms with Crippen molar-refractivity contribution >= 4 is 21.6 Å². The minimum absolute atomic E-state index is 0.0529. The smallest absolute Gasteiger partial charge is 0.273 e. The van der Waals surface area contributed by atoms with Crippen LogP contribution in [0.3, 0.4) is 0 Å². The first-order chi connectivity index (χ1) is 10.9. The van der Waals surface area contributed by atoms with Gasteiger partial charge < -0.3 is 5.32 Å². The van der Waals surface area contributed by atoms with Crippen molar-refractivity contribution in [2.75, 3.05) is 13.1 Å². The molecule has 1 aromatic rings. The van der Waals surface area contributed by atoms with Crippen LogP contribution in [0.4, 0.5) is 5.69 Å². The summed E-state index contributed by atoms with van der Waals surface area (Å²) in [4.78, 5) is 22.3. The number of amides is 1. The highest BCUT2D eigenvalue weighted by molar-refractivity contribution is 7.89. The SMILES string of the molecule is CCN(CC(=O)NC(C)(C)C)S(=O)(=O)c1cccc([N+](=O)[O-])c1C. The van der Waals surface area contributed by atoms with E-state index in [1.54, 1.807) is 27.7 Å².